The summed E-state index contributed by atoms with van der Waals surface area (Å²) in [6.45, 7) is -3.11. The molecule has 0 fully saturated rings. The predicted octanol–water partition coefficient (Wildman–Crippen LogP) is 2.64. The predicted molar refractivity (Wildman–Crippen MR) is 44.4 cm³/mol. The molecule has 0 saturated carbocycles. The van der Waals surface area contributed by atoms with E-state index in [4.69, 9.17) is 1.37 Å². The molecule has 82 valence electrons. The standard InChI is InChI=1S/C8H6F3NO3/c1-4-2-6(12(13)14)7(3-5(4)9)15-8(10)11/h2-3,8H,1H3/i8D. The van der Waals surface area contributed by atoms with Crippen molar-refractivity contribution in [3.63, 3.8) is 0 Å². The number of halogens is 3. The van der Waals surface area contributed by atoms with Crippen LogP contribution in [0.2, 0.25) is 0 Å². The largest absolute Gasteiger partial charge is 0.427 e. The number of nitro benzene ring substituents is 1. The summed E-state index contributed by atoms with van der Waals surface area (Å²) in [7, 11) is 0. The Hall–Kier alpha value is -1.79. The fourth-order valence-electron chi connectivity index (χ4n) is 0.956. The maximum Gasteiger partial charge on any atom is 0.387 e. The summed E-state index contributed by atoms with van der Waals surface area (Å²) in [5.74, 6) is -1.90. The zero-order valence-corrected chi connectivity index (χ0v) is 7.46. The molecule has 7 heteroatoms. The first kappa shape index (κ1) is 9.75. The Labute approximate surface area is 83.8 Å². The van der Waals surface area contributed by atoms with E-state index in [0.717, 1.165) is 6.07 Å². The zero-order valence-electron chi connectivity index (χ0n) is 8.46. The van der Waals surface area contributed by atoms with Crippen LogP contribution < -0.4 is 4.74 Å². The van der Waals surface area contributed by atoms with Crippen LogP contribution in [0.4, 0.5) is 18.9 Å². The smallest absolute Gasteiger partial charge is 0.387 e. The van der Waals surface area contributed by atoms with E-state index < -0.39 is 28.8 Å². The number of ether oxygens (including phenoxy) is 1. The minimum atomic E-state index is -4.35. The molecule has 0 amide bonds. The van der Waals surface area contributed by atoms with Gasteiger partial charge in [-0.3, -0.25) is 10.1 Å². The number of benzene rings is 1. The second-order valence-corrected chi connectivity index (χ2v) is 2.65. The van der Waals surface area contributed by atoms with Crippen molar-refractivity contribution >= 4 is 5.69 Å². The third-order valence-electron chi connectivity index (χ3n) is 1.62. The molecule has 0 aromatic heterocycles. The quantitative estimate of drug-likeness (QED) is 0.583. The molecule has 4 nitrogen and oxygen atoms in total. The van der Waals surface area contributed by atoms with Crippen molar-refractivity contribution in [2.24, 2.45) is 0 Å². The fraction of sp³-hybridized carbons (Fsp3) is 0.250. The highest BCUT2D eigenvalue weighted by Gasteiger charge is 2.20. The van der Waals surface area contributed by atoms with Crippen LogP contribution in [-0.4, -0.2) is 11.5 Å². The molecule has 0 unspecified atom stereocenters. The Balaban J connectivity index is 3.25. The lowest BCUT2D eigenvalue weighted by atomic mass is 10.2. The number of alkyl halides is 2. The lowest BCUT2D eigenvalue weighted by molar-refractivity contribution is -0.386. The Morgan fingerprint density at radius 3 is 2.67 bits per heavy atom. The molecule has 0 radical (unpaired) electrons. The lowest BCUT2D eigenvalue weighted by Gasteiger charge is -2.06. The van der Waals surface area contributed by atoms with Gasteiger partial charge in [-0.2, -0.15) is 8.78 Å². The van der Waals surface area contributed by atoms with Crippen molar-refractivity contribution in [3.8, 4) is 5.75 Å². The second kappa shape index (κ2) is 4.16. The average molecular weight is 222 g/mol. The van der Waals surface area contributed by atoms with E-state index >= 15 is 0 Å². The lowest BCUT2D eigenvalue weighted by Crippen LogP contribution is -2.05. The van der Waals surface area contributed by atoms with Gasteiger partial charge in [0, 0.05) is 12.1 Å². The Bertz CT molecular complexity index is 433. The molecule has 1 aromatic rings. The topological polar surface area (TPSA) is 52.4 Å². The molecular weight excluding hydrogens is 215 g/mol. The summed E-state index contributed by atoms with van der Waals surface area (Å²) in [6.07, 6.45) is 0. The monoisotopic (exact) mass is 222 g/mol. The van der Waals surface area contributed by atoms with Crippen molar-refractivity contribution in [2.75, 3.05) is 0 Å². The van der Waals surface area contributed by atoms with E-state index in [9.17, 15) is 23.3 Å². The van der Waals surface area contributed by atoms with Crippen LogP contribution in [0, 0.1) is 22.9 Å². The molecule has 0 heterocycles. The van der Waals surface area contributed by atoms with Crippen molar-refractivity contribution in [3.05, 3.63) is 33.6 Å². The van der Waals surface area contributed by atoms with Crippen molar-refractivity contribution < 1.29 is 24.2 Å². The normalized spacial score (nSPS) is 12.1. The van der Waals surface area contributed by atoms with Gasteiger partial charge in [0.2, 0.25) is 5.75 Å². The fourth-order valence-corrected chi connectivity index (χ4v) is 0.956. The SMILES string of the molecule is [2H]C(F)(F)Oc1cc(F)c(C)cc1[N+](=O)[O-]. The Kier molecular flexibility index (Phi) is 2.70. The van der Waals surface area contributed by atoms with Crippen molar-refractivity contribution in [1.82, 2.24) is 0 Å². The van der Waals surface area contributed by atoms with Crippen LogP contribution >= 0.6 is 0 Å². The highest BCUT2D eigenvalue weighted by Crippen LogP contribution is 2.30. The Morgan fingerprint density at radius 2 is 2.20 bits per heavy atom. The number of hydrogen-bond acceptors (Lipinski definition) is 3. The van der Waals surface area contributed by atoms with Crippen LogP contribution in [0.15, 0.2) is 12.1 Å². The average Bonchev–Trinajstić information content (AvgIpc) is 2.07. The molecule has 15 heavy (non-hydrogen) atoms. The first-order valence-electron chi connectivity index (χ1n) is 4.22. The van der Waals surface area contributed by atoms with Gasteiger partial charge >= 0.3 is 12.3 Å². The number of hydrogen-bond donors (Lipinski definition) is 0. The van der Waals surface area contributed by atoms with Gasteiger partial charge in [0.25, 0.3) is 0 Å². The van der Waals surface area contributed by atoms with Gasteiger partial charge in [-0.25, -0.2) is 4.39 Å². The van der Waals surface area contributed by atoms with Crippen LogP contribution in [0.1, 0.15) is 6.93 Å². The maximum atomic E-state index is 13.0. The molecule has 0 aliphatic rings. The summed E-state index contributed by atoms with van der Waals surface area (Å²) in [5.41, 5.74) is -0.891. The van der Waals surface area contributed by atoms with E-state index in [1.807, 2.05) is 0 Å². The molecule has 0 spiro atoms. The molecule has 0 aliphatic heterocycles. The summed E-state index contributed by atoms with van der Waals surface area (Å²) in [5, 5.41) is 10.5. The summed E-state index contributed by atoms with van der Waals surface area (Å²) in [6, 6.07) is 1.21. The minimum absolute atomic E-state index is 0.0765. The van der Waals surface area contributed by atoms with Gasteiger partial charge in [-0.1, -0.05) is 0 Å². The number of rotatable bonds is 3. The number of nitrogens with zero attached hydrogens (tertiary/aromatic N) is 1. The van der Waals surface area contributed by atoms with E-state index in [2.05, 4.69) is 4.74 Å². The number of nitro groups is 1. The van der Waals surface area contributed by atoms with E-state index in [0.29, 0.717) is 6.07 Å². The van der Waals surface area contributed by atoms with Gasteiger partial charge in [-0.15, -0.1) is 0 Å². The third-order valence-corrected chi connectivity index (χ3v) is 1.62. The van der Waals surface area contributed by atoms with Crippen LogP contribution in [0.5, 0.6) is 5.75 Å². The minimum Gasteiger partial charge on any atom is -0.427 e. The van der Waals surface area contributed by atoms with Crippen LogP contribution in [0.25, 0.3) is 0 Å². The first-order valence-corrected chi connectivity index (χ1v) is 3.72. The molecule has 1 rings (SSSR count). The van der Waals surface area contributed by atoms with E-state index in [1.54, 1.807) is 0 Å². The van der Waals surface area contributed by atoms with Gasteiger partial charge in [0.15, 0.2) is 1.37 Å². The molecule has 0 aliphatic carbocycles. The highest BCUT2D eigenvalue weighted by atomic mass is 19.3. The first-order chi connectivity index (χ1) is 7.20. The van der Waals surface area contributed by atoms with Gasteiger partial charge in [0.1, 0.15) is 5.82 Å². The van der Waals surface area contributed by atoms with Crippen molar-refractivity contribution in [2.45, 2.75) is 13.5 Å². The molecular formula is C8H6F3NO3. The molecule has 0 atom stereocenters. The van der Waals surface area contributed by atoms with Gasteiger partial charge < -0.3 is 4.74 Å². The number of aryl methyl sites for hydroxylation is 1. The molecule has 0 bridgehead atoms. The summed E-state index contributed by atoms with van der Waals surface area (Å²) >= 11 is 0. The highest BCUT2D eigenvalue weighted by molar-refractivity contribution is 5.49. The Morgan fingerprint density at radius 1 is 1.60 bits per heavy atom. The summed E-state index contributed by atoms with van der Waals surface area (Å²) < 4.78 is 47.2. The molecule has 1 aromatic carbocycles. The van der Waals surface area contributed by atoms with E-state index in [-0.39, 0.29) is 5.56 Å². The molecule has 0 N–H and O–H groups in total. The maximum absolute atomic E-state index is 13.0. The van der Waals surface area contributed by atoms with Crippen LogP contribution in [0.3, 0.4) is 0 Å². The zero-order chi connectivity index (χ0) is 12.5. The molecule has 0 saturated heterocycles. The third kappa shape index (κ3) is 2.58. The van der Waals surface area contributed by atoms with Gasteiger partial charge in [-0.05, 0) is 12.5 Å². The van der Waals surface area contributed by atoms with Crippen LogP contribution in [-0.2, 0) is 0 Å². The van der Waals surface area contributed by atoms with E-state index in [1.165, 1.54) is 6.92 Å². The summed E-state index contributed by atoms with van der Waals surface area (Å²) in [4.78, 5) is 9.48. The van der Waals surface area contributed by atoms with Crippen molar-refractivity contribution in [1.29, 1.82) is 0 Å². The second-order valence-electron chi connectivity index (χ2n) is 2.65. The van der Waals surface area contributed by atoms with Gasteiger partial charge in [0.05, 0.1) is 4.92 Å².